The Balaban J connectivity index is 1.92. The molecule has 3 heteroatoms. The highest BCUT2D eigenvalue weighted by molar-refractivity contribution is 5.71. The molecule has 150 valence electrons. The Morgan fingerprint density at radius 1 is 0.759 bits per heavy atom. The highest BCUT2D eigenvalue weighted by Crippen LogP contribution is 2.28. The molecule has 0 fully saturated rings. The van der Waals surface area contributed by atoms with E-state index in [9.17, 15) is 4.79 Å². The number of esters is 1. The molecule has 0 aromatic heterocycles. The largest absolute Gasteiger partial charge is 0.460 e. The van der Waals surface area contributed by atoms with Crippen molar-refractivity contribution in [2.75, 3.05) is 0 Å². The van der Waals surface area contributed by atoms with Crippen LogP contribution in [-0.4, -0.2) is 11.6 Å². The standard InChI is InChI=1S/C26H29NO2/c1-26(2,3)29-24(28)19-23(20-13-7-4-8-14-20)27-25(21-15-9-5-10-16-21)22-17-11-6-12-18-22/h4-18,23,25,27H,19H2,1-3H3/t23-/m1/s1. The Bertz CT molecular complexity index is 847. The first-order valence-corrected chi connectivity index (χ1v) is 10.0. The van der Waals surface area contributed by atoms with Gasteiger partial charge in [-0.05, 0) is 37.5 Å². The number of hydrogen-bond donors (Lipinski definition) is 1. The van der Waals surface area contributed by atoms with E-state index in [1.807, 2.05) is 75.4 Å². The van der Waals surface area contributed by atoms with Crippen LogP contribution < -0.4 is 5.32 Å². The van der Waals surface area contributed by atoms with Crippen molar-refractivity contribution in [2.24, 2.45) is 0 Å². The summed E-state index contributed by atoms with van der Waals surface area (Å²) < 4.78 is 5.60. The van der Waals surface area contributed by atoms with Crippen LogP contribution in [0.4, 0.5) is 0 Å². The smallest absolute Gasteiger partial charge is 0.308 e. The molecule has 0 aliphatic heterocycles. The summed E-state index contributed by atoms with van der Waals surface area (Å²) in [5.74, 6) is -0.210. The first-order chi connectivity index (χ1) is 13.9. The molecule has 0 aliphatic rings. The summed E-state index contributed by atoms with van der Waals surface area (Å²) in [6.07, 6.45) is 0.261. The minimum absolute atomic E-state index is 0.0370. The van der Waals surface area contributed by atoms with Crippen LogP contribution in [0, 0.1) is 0 Å². The van der Waals surface area contributed by atoms with Crippen molar-refractivity contribution in [1.82, 2.24) is 5.32 Å². The van der Waals surface area contributed by atoms with E-state index in [2.05, 4.69) is 41.7 Å². The number of benzene rings is 3. The van der Waals surface area contributed by atoms with Gasteiger partial charge < -0.3 is 4.74 Å². The molecule has 3 aromatic rings. The molecule has 0 radical (unpaired) electrons. The molecule has 0 spiro atoms. The van der Waals surface area contributed by atoms with Gasteiger partial charge in [-0.3, -0.25) is 10.1 Å². The fraction of sp³-hybridized carbons (Fsp3) is 0.269. The van der Waals surface area contributed by atoms with E-state index in [1.165, 1.54) is 0 Å². The van der Waals surface area contributed by atoms with E-state index in [1.54, 1.807) is 0 Å². The van der Waals surface area contributed by atoms with E-state index in [-0.39, 0.29) is 24.5 Å². The maximum Gasteiger partial charge on any atom is 0.308 e. The number of hydrogen-bond acceptors (Lipinski definition) is 3. The lowest BCUT2D eigenvalue weighted by molar-refractivity contribution is -0.155. The average molecular weight is 388 g/mol. The Labute approximate surface area is 173 Å². The van der Waals surface area contributed by atoms with Crippen LogP contribution in [-0.2, 0) is 9.53 Å². The van der Waals surface area contributed by atoms with E-state index in [4.69, 9.17) is 4.74 Å². The van der Waals surface area contributed by atoms with Crippen LogP contribution in [0.2, 0.25) is 0 Å². The Morgan fingerprint density at radius 2 is 1.17 bits per heavy atom. The molecule has 0 saturated carbocycles. The van der Waals surface area contributed by atoms with Gasteiger partial charge >= 0.3 is 5.97 Å². The summed E-state index contributed by atoms with van der Waals surface area (Å²) in [5, 5.41) is 3.72. The first-order valence-electron chi connectivity index (χ1n) is 10.0. The zero-order valence-corrected chi connectivity index (χ0v) is 17.3. The number of rotatable bonds is 7. The Hall–Kier alpha value is -2.91. The van der Waals surface area contributed by atoms with Gasteiger partial charge in [0.25, 0.3) is 0 Å². The number of carbonyl (C=O) groups excluding carboxylic acids is 1. The second-order valence-corrected chi connectivity index (χ2v) is 8.17. The Kier molecular flexibility index (Phi) is 6.84. The minimum atomic E-state index is -0.503. The predicted molar refractivity (Wildman–Crippen MR) is 118 cm³/mol. The lowest BCUT2D eigenvalue weighted by atomic mass is 9.95. The van der Waals surface area contributed by atoms with Crippen LogP contribution >= 0.6 is 0 Å². The molecule has 0 unspecified atom stereocenters. The van der Waals surface area contributed by atoms with Crippen LogP contribution in [0.3, 0.4) is 0 Å². The molecule has 0 amide bonds. The predicted octanol–water partition coefficient (Wildman–Crippen LogP) is 5.84. The van der Waals surface area contributed by atoms with Crippen LogP contribution in [0.15, 0.2) is 91.0 Å². The summed E-state index contributed by atoms with van der Waals surface area (Å²) in [6, 6.07) is 30.5. The third kappa shape index (κ3) is 6.30. The van der Waals surface area contributed by atoms with Gasteiger partial charge in [0.1, 0.15) is 5.60 Å². The van der Waals surface area contributed by atoms with Crippen molar-refractivity contribution < 1.29 is 9.53 Å². The van der Waals surface area contributed by atoms with Gasteiger partial charge in [0, 0.05) is 6.04 Å². The molecular formula is C26H29NO2. The summed E-state index contributed by atoms with van der Waals surface area (Å²) in [5.41, 5.74) is 2.87. The quantitative estimate of drug-likeness (QED) is 0.518. The highest BCUT2D eigenvalue weighted by Gasteiger charge is 2.25. The number of carbonyl (C=O) groups is 1. The summed E-state index contributed by atoms with van der Waals surface area (Å²) >= 11 is 0. The van der Waals surface area contributed by atoms with Gasteiger partial charge in [0.05, 0.1) is 12.5 Å². The molecular weight excluding hydrogens is 358 g/mol. The van der Waals surface area contributed by atoms with Crippen LogP contribution in [0.5, 0.6) is 0 Å². The summed E-state index contributed by atoms with van der Waals surface area (Å²) in [7, 11) is 0. The molecule has 29 heavy (non-hydrogen) atoms. The molecule has 0 heterocycles. The highest BCUT2D eigenvalue weighted by atomic mass is 16.6. The molecule has 0 aliphatic carbocycles. The lowest BCUT2D eigenvalue weighted by Gasteiger charge is -2.28. The minimum Gasteiger partial charge on any atom is -0.460 e. The first kappa shape index (κ1) is 20.8. The second-order valence-electron chi connectivity index (χ2n) is 8.17. The molecule has 1 N–H and O–H groups in total. The van der Waals surface area contributed by atoms with E-state index < -0.39 is 5.60 Å². The maximum absolute atomic E-state index is 12.6. The Morgan fingerprint density at radius 3 is 1.59 bits per heavy atom. The van der Waals surface area contributed by atoms with Gasteiger partial charge in [0.15, 0.2) is 0 Å². The maximum atomic E-state index is 12.6. The van der Waals surface area contributed by atoms with Crippen molar-refractivity contribution in [1.29, 1.82) is 0 Å². The second kappa shape index (κ2) is 9.53. The third-order valence-corrected chi connectivity index (χ3v) is 4.63. The molecule has 0 bridgehead atoms. The van der Waals surface area contributed by atoms with E-state index in [0.717, 1.165) is 16.7 Å². The van der Waals surface area contributed by atoms with Gasteiger partial charge in [-0.2, -0.15) is 0 Å². The van der Waals surface area contributed by atoms with Crippen molar-refractivity contribution in [3.05, 3.63) is 108 Å². The monoisotopic (exact) mass is 387 g/mol. The van der Waals surface area contributed by atoms with Crippen molar-refractivity contribution in [3.63, 3.8) is 0 Å². The summed E-state index contributed by atoms with van der Waals surface area (Å²) in [6.45, 7) is 5.69. The SMILES string of the molecule is CC(C)(C)OC(=O)C[C@@H](NC(c1ccccc1)c1ccccc1)c1ccccc1. The average Bonchev–Trinajstić information content (AvgIpc) is 2.71. The third-order valence-electron chi connectivity index (χ3n) is 4.63. The van der Waals surface area contributed by atoms with Crippen molar-refractivity contribution in [3.8, 4) is 0 Å². The van der Waals surface area contributed by atoms with Crippen molar-refractivity contribution in [2.45, 2.75) is 44.9 Å². The van der Waals surface area contributed by atoms with Gasteiger partial charge in [-0.15, -0.1) is 0 Å². The normalized spacial score (nSPS) is 12.6. The van der Waals surface area contributed by atoms with E-state index >= 15 is 0 Å². The van der Waals surface area contributed by atoms with Gasteiger partial charge in [-0.1, -0.05) is 91.0 Å². The van der Waals surface area contributed by atoms with Crippen molar-refractivity contribution >= 4 is 5.97 Å². The number of nitrogens with one attached hydrogen (secondary N) is 1. The number of ether oxygens (including phenoxy) is 1. The fourth-order valence-corrected chi connectivity index (χ4v) is 3.39. The molecule has 3 nitrogen and oxygen atoms in total. The van der Waals surface area contributed by atoms with E-state index in [0.29, 0.717) is 0 Å². The summed E-state index contributed by atoms with van der Waals surface area (Å²) in [4.78, 5) is 12.6. The molecule has 1 atom stereocenters. The topological polar surface area (TPSA) is 38.3 Å². The van der Waals surface area contributed by atoms with Crippen LogP contribution in [0.25, 0.3) is 0 Å². The molecule has 3 rings (SSSR count). The van der Waals surface area contributed by atoms with Crippen LogP contribution in [0.1, 0.15) is 56.0 Å². The zero-order chi connectivity index (χ0) is 20.7. The fourth-order valence-electron chi connectivity index (χ4n) is 3.39. The van der Waals surface area contributed by atoms with Gasteiger partial charge in [-0.25, -0.2) is 0 Å². The zero-order valence-electron chi connectivity index (χ0n) is 17.3. The molecule has 0 saturated heterocycles. The van der Waals surface area contributed by atoms with Gasteiger partial charge in [0.2, 0.25) is 0 Å². The molecule has 3 aromatic carbocycles. The lowest BCUT2D eigenvalue weighted by Crippen LogP contribution is -2.32.